The van der Waals surface area contributed by atoms with Gasteiger partial charge in [-0.3, -0.25) is 13.9 Å². The number of hydrogen-bond donors (Lipinski definition) is 1. The minimum absolute atomic E-state index is 0.232. The first kappa shape index (κ1) is 16.8. The summed E-state index contributed by atoms with van der Waals surface area (Å²) in [7, 11) is 3.21. The Labute approximate surface area is 151 Å². The SMILES string of the molecule is Cn1c(N2CC[C@@H](Nc3ncnc4c3CCCC4)C2)cc(=O)n(C)c1=O. The van der Waals surface area contributed by atoms with Gasteiger partial charge in [0.25, 0.3) is 5.56 Å². The lowest BCUT2D eigenvalue weighted by atomic mass is 9.96. The highest BCUT2D eigenvalue weighted by molar-refractivity contribution is 5.49. The van der Waals surface area contributed by atoms with E-state index in [2.05, 4.69) is 20.2 Å². The van der Waals surface area contributed by atoms with E-state index in [-0.39, 0.29) is 17.3 Å². The van der Waals surface area contributed by atoms with E-state index in [4.69, 9.17) is 0 Å². The van der Waals surface area contributed by atoms with Crippen LogP contribution in [0.15, 0.2) is 22.0 Å². The molecule has 0 radical (unpaired) electrons. The monoisotopic (exact) mass is 356 g/mol. The highest BCUT2D eigenvalue weighted by Crippen LogP contribution is 2.26. The van der Waals surface area contributed by atoms with Gasteiger partial charge in [0.1, 0.15) is 18.0 Å². The Morgan fingerprint density at radius 3 is 2.77 bits per heavy atom. The van der Waals surface area contributed by atoms with E-state index < -0.39 is 0 Å². The van der Waals surface area contributed by atoms with Crippen LogP contribution in [0.1, 0.15) is 30.5 Å². The fourth-order valence-corrected chi connectivity index (χ4v) is 3.95. The van der Waals surface area contributed by atoms with Crippen LogP contribution in [-0.4, -0.2) is 38.2 Å². The summed E-state index contributed by atoms with van der Waals surface area (Å²) in [5.74, 6) is 1.62. The van der Waals surface area contributed by atoms with Crippen LogP contribution in [0.2, 0.25) is 0 Å². The first-order valence-corrected chi connectivity index (χ1v) is 9.16. The second-order valence-corrected chi connectivity index (χ2v) is 7.17. The Balaban J connectivity index is 1.54. The van der Waals surface area contributed by atoms with Gasteiger partial charge in [0.2, 0.25) is 0 Å². The third-order valence-electron chi connectivity index (χ3n) is 5.48. The molecule has 2 aliphatic rings. The summed E-state index contributed by atoms with van der Waals surface area (Å²) in [6.07, 6.45) is 7.00. The Bertz CT molecular complexity index is 948. The normalized spacial score (nSPS) is 19.5. The van der Waals surface area contributed by atoms with Crippen molar-refractivity contribution in [2.24, 2.45) is 14.1 Å². The molecule has 8 heteroatoms. The molecule has 0 aromatic carbocycles. The summed E-state index contributed by atoms with van der Waals surface area (Å²) in [6, 6.07) is 1.77. The van der Waals surface area contributed by atoms with Crippen LogP contribution in [0.3, 0.4) is 0 Å². The van der Waals surface area contributed by atoms with Gasteiger partial charge in [0, 0.05) is 50.6 Å². The number of aromatic nitrogens is 4. The second kappa shape index (κ2) is 6.59. The number of nitrogens with one attached hydrogen (secondary N) is 1. The van der Waals surface area contributed by atoms with Crippen molar-refractivity contribution in [3.05, 3.63) is 44.5 Å². The molecular weight excluding hydrogens is 332 g/mol. The fraction of sp³-hybridized carbons (Fsp3) is 0.556. The molecule has 4 rings (SSSR count). The molecule has 1 aliphatic carbocycles. The van der Waals surface area contributed by atoms with Crippen LogP contribution < -0.4 is 21.5 Å². The third-order valence-corrected chi connectivity index (χ3v) is 5.48. The molecule has 8 nitrogen and oxygen atoms in total. The molecule has 138 valence electrons. The molecular formula is C18H24N6O2. The van der Waals surface area contributed by atoms with Crippen molar-refractivity contribution >= 4 is 11.6 Å². The van der Waals surface area contributed by atoms with Gasteiger partial charge in [-0.2, -0.15) is 0 Å². The number of hydrogen-bond acceptors (Lipinski definition) is 6. The summed E-state index contributed by atoms with van der Waals surface area (Å²) in [4.78, 5) is 35.1. The summed E-state index contributed by atoms with van der Waals surface area (Å²) < 4.78 is 2.67. The predicted molar refractivity (Wildman–Crippen MR) is 99.8 cm³/mol. The average Bonchev–Trinajstić information content (AvgIpc) is 3.11. The Morgan fingerprint density at radius 1 is 1.12 bits per heavy atom. The lowest BCUT2D eigenvalue weighted by molar-refractivity contribution is 0.659. The van der Waals surface area contributed by atoms with Gasteiger partial charge < -0.3 is 10.2 Å². The molecule has 0 saturated carbocycles. The minimum atomic E-state index is -0.297. The molecule has 0 spiro atoms. The highest BCUT2D eigenvalue weighted by atomic mass is 16.2. The zero-order chi connectivity index (χ0) is 18.3. The van der Waals surface area contributed by atoms with Gasteiger partial charge >= 0.3 is 5.69 Å². The van der Waals surface area contributed by atoms with E-state index >= 15 is 0 Å². The van der Waals surface area contributed by atoms with Crippen LogP contribution in [0.25, 0.3) is 0 Å². The summed E-state index contributed by atoms with van der Waals surface area (Å²) in [5, 5.41) is 3.57. The molecule has 1 fully saturated rings. The molecule has 0 bridgehead atoms. The quantitative estimate of drug-likeness (QED) is 0.859. The van der Waals surface area contributed by atoms with Crippen molar-refractivity contribution in [1.29, 1.82) is 0 Å². The van der Waals surface area contributed by atoms with Crippen LogP contribution >= 0.6 is 0 Å². The zero-order valence-electron chi connectivity index (χ0n) is 15.2. The molecule has 0 amide bonds. The highest BCUT2D eigenvalue weighted by Gasteiger charge is 2.26. The van der Waals surface area contributed by atoms with Gasteiger partial charge in [-0.1, -0.05) is 0 Å². The molecule has 3 heterocycles. The van der Waals surface area contributed by atoms with Crippen molar-refractivity contribution in [3.8, 4) is 0 Å². The molecule has 0 unspecified atom stereocenters. The molecule has 1 aliphatic heterocycles. The maximum absolute atomic E-state index is 12.2. The third kappa shape index (κ3) is 2.89. The summed E-state index contributed by atoms with van der Waals surface area (Å²) >= 11 is 0. The maximum atomic E-state index is 12.2. The lowest BCUT2D eigenvalue weighted by Gasteiger charge is -2.23. The molecule has 26 heavy (non-hydrogen) atoms. The molecule has 2 aromatic rings. The predicted octanol–water partition coefficient (Wildman–Crippen LogP) is 0.444. The van der Waals surface area contributed by atoms with E-state index in [0.29, 0.717) is 5.82 Å². The van der Waals surface area contributed by atoms with Crippen molar-refractivity contribution in [2.75, 3.05) is 23.3 Å². The number of nitrogens with zero attached hydrogens (tertiary/aromatic N) is 5. The first-order valence-electron chi connectivity index (χ1n) is 9.16. The van der Waals surface area contributed by atoms with Crippen molar-refractivity contribution in [2.45, 2.75) is 38.1 Å². The number of fused-ring (bicyclic) bond motifs is 1. The van der Waals surface area contributed by atoms with Gasteiger partial charge in [0.15, 0.2) is 0 Å². The van der Waals surface area contributed by atoms with Gasteiger partial charge in [-0.05, 0) is 32.1 Å². The van der Waals surface area contributed by atoms with Crippen molar-refractivity contribution in [3.63, 3.8) is 0 Å². The first-order chi connectivity index (χ1) is 12.5. The largest absolute Gasteiger partial charge is 0.365 e. The maximum Gasteiger partial charge on any atom is 0.332 e. The zero-order valence-corrected chi connectivity index (χ0v) is 15.2. The van der Waals surface area contributed by atoms with Crippen LogP contribution in [0, 0.1) is 0 Å². The van der Waals surface area contributed by atoms with E-state index in [9.17, 15) is 9.59 Å². The number of anilines is 2. The Hall–Kier alpha value is -2.64. The second-order valence-electron chi connectivity index (χ2n) is 7.17. The molecule has 1 atom stereocenters. The lowest BCUT2D eigenvalue weighted by Crippen LogP contribution is -2.40. The summed E-state index contributed by atoms with van der Waals surface area (Å²) in [5.41, 5.74) is 1.84. The molecule has 1 saturated heterocycles. The molecule has 2 aromatic heterocycles. The Morgan fingerprint density at radius 2 is 1.92 bits per heavy atom. The standard InChI is InChI=1S/C18H24N6O2/c1-22-15(9-16(25)23(2)18(22)26)24-8-7-12(10-24)21-17-13-5-3-4-6-14(13)19-11-20-17/h9,11-12H,3-8,10H2,1-2H3,(H,19,20,21)/t12-/m1/s1. The Kier molecular flexibility index (Phi) is 4.26. The van der Waals surface area contributed by atoms with E-state index in [1.54, 1.807) is 13.4 Å². The van der Waals surface area contributed by atoms with E-state index in [1.807, 2.05) is 0 Å². The number of rotatable bonds is 3. The molecule has 1 N–H and O–H groups in total. The minimum Gasteiger partial charge on any atom is -0.365 e. The van der Waals surface area contributed by atoms with Crippen LogP contribution in [0.4, 0.5) is 11.6 Å². The fourth-order valence-electron chi connectivity index (χ4n) is 3.95. The van der Waals surface area contributed by atoms with Crippen LogP contribution in [-0.2, 0) is 26.9 Å². The van der Waals surface area contributed by atoms with Crippen molar-refractivity contribution in [1.82, 2.24) is 19.1 Å². The van der Waals surface area contributed by atoms with Gasteiger partial charge in [-0.25, -0.2) is 14.8 Å². The van der Waals surface area contributed by atoms with E-state index in [0.717, 1.165) is 48.4 Å². The van der Waals surface area contributed by atoms with Gasteiger partial charge in [-0.15, -0.1) is 0 Å². The van der Waals surface area contributed by atoms with Crippen LogP contribution in [0.5, 0.6) is 0 Å². The van der Waals surface area contributed by atoms with Crippen molar-refractivity contribution < 1.29 is 0 Å². The van der Waals surface area contributed by atoms with Gasteiger partial charge in [0.05, 0.1) is 0 Å². The number of aryl methyl sites for hydroxylation is 1. The summed E-state index contributed by atoms with van der Waals surface area (Å²) in [6.45, 7) is 1.53. The smallest absolute Gasteiger partial charge is 0.332 e. The average molecular weight is 356 g/mol. The topological polar surface area (TPSA) is 85.1 Å². The van der Waals surface area contributed by atoms with E-state index in [1.165, 1.54) is 36.1 Å².